The lowest BCUT2D eigenvalue weighted by Crippen LogP contribution is -2.16. The number of carbonyl (C=O) groups excluding carboxylic acids is 1. The molecule has 0 bridgehead atoms. The van der Waals surface area contributed by atoms with Gasteiger partial charge in [-0.05, 0) is 36.4 Å². The van der Waals surface area contributed by atoms with E-state index in [2.05, 4.69) is 15.0 Å². The summed E-state index contributed by atoms with van der Waals surface area (Å²) in [7, 11) is -2.49. The van der Waals surface area contributed by atoms with E-state index in [0.717, 1.165) is 0 Å². The first-order valence-electron chi connectivity index (χ1n) is 7.98. The van der Waals surface area contributed by atoms with Gasteiger partial charge < -0.3 is 10.1 Å². The summed E-state index contributed by atoms with van der Waals surface area (Å²) in [4.78, 5) is 16.1. The molecule has 7 nitrogen and oxygen atoms in total. The fourth-order valence-electron chi connectivity index (χ4n) is 2.38. The zero-order chi connectivity index (χ0) is 19.3. The van der Waals surface area contributed by atoms with Gasteiger partial charge in [0, 0.05) is 23.6 Å². The van der Waals surface area contributed by atoms with Crippen LogP contribution in [-0.2, 0) is 10.0 Å². The van der Waals surface area contributed by atoms with Gasteiger partial charge >= 0.3 is 0 Å². The van der Waals surface area contributed by atoms with Crippen molar-refractivity contribution < 1.29 is 17.9 Å². The molecule has 138 valence electrons. The lowest BCUT2D eigenvalue weighted by atomic mass is 10.2. The van der Waals surface area contributed by atoms with E-state index in [-0.39, 0.29) is 16.3 Å². The first-order valence-corrected chi connectivity index (χ1v) is 9.46. The summed E-state index contributed by atoms with van der Waals surface area (Å²) >= 11 is 0. The Morgan fingerprint density at radius 3 is 2.37 bits per heavy atom. The lowest BCUT2D eigenvalue weighted by molar-refractivity contribution is 0.102. The predicted octanol–water partition coefficient (Wildman–Crippen LogP) is 3.14. The monoisotopic (exact) mass is 383 g/mol. The lowest BCUT2D eigenvalue weighted by Gasteiger charge is -2.13. The highest BCUT2D eigenvalue weighted by atomic mass is 32.2. The number of pyridine rings is 1. The topological polar surface area (TPSA) is 97.4 Å². The second kappa shape index (κ2) is 7.88. The number of sulfonamides is 1. The van der Waals surface area contributed by atoms with Gasteiger partial charge in [0.25, 0.3) is 15.9 Å². The van der Waals surface area contributed by atoms with Crippen LogP contribution in [0.25, 0.3) is 0 Å². The van der Waals surface area contributed by atoms with Gasteiger partial charge in [0.15, 0.2) is 0 Å². The number of ether oxygens (including phenoxy) is 1. The molecule has 3 aromatic rings. The maximum atomic E-state index is 12.6. The van der Waals surface area contributed by atoms with Crippen LogP contribution in [0.4, 0.5) is 11.4 Å². The van der Waals surface area contributed by atoms with Gasteiger partial charge in [0.1, 0.15) is 16.3 Å². The number of rotatable bonds is 6. The summed E-state index contributed by atoms with van der Waals surface area (Å²) in [5.74, 6) is -0.298. The molecule has 0 aliphatic rings. The number of anilines is 2. The molecule has 0 atom stereocenters. The number of benzene rings is 2. The molecule has 2 N–H and O–H groups in total. The predicted molar refractivity (Wildman–Crippen MR) is 102 cm³/mol. The van der Waals surface area contributed by atoms with Crippen molar-refractivity contribution in [2.75, 3.05) is 17.1 Å². The molecule has 0 aliphatic heterocycles. The highest BCUT2D eigenvalue weighted by Gasteiger charge is 2.20. The highest BCUT2D eigenvalue weighted by Crippen LogP contribution is 2.29. The Morgan fingerprint density at radius 1 is 0.963 bits per heavy atom. The smallest absolute Gasteiger partial charge is 0.274 e. The number of nitrogens with zero attached hydrogens (tertiary/aromatic N) is 1. The molecule has 0 aliphatic carbocycles. The van der Waals surface area contributed by atoms with Crippen molar-refractivity contribution in [3.8, 4) is 5.75 Å². The average Bonchev–Trinajstić information content (AvgIpc) is 2.69. The Morgan fingerprint density at radius 2 is 1.70 bits per heavy atom. The molecule has 3 rings (SSSR count). The van der Waals surface area contributed by atoms with Crippen molar-refractivity contribution in [2.24, 2.45) is 0 Å². The minimum Gasteiger partial charge on any atom is -0.495 e. The molecule has 0 spiro atoms. The molecular weight excluding hydrogens is 366 g/mol. The van der Waals surface area contributed by atoms with Crippen molar-refractivity contribution in [2.45, 2.75) is 4.90 Å². The second-order valence-corrected chi connectivity index (χ2v) is 7.16. The molecule has 0 unspecified atom stereocenters. The van der Waals surface area contributed by atoms with Crippen LogP contribution >= 0.6 is 0 Å². The number of carbonyl (C=O) groups is 1. The van der Waals surface area contributed by atoms with E-state index < -0.39 is 15.9 Å². The number of nitrogens with one attached hydrogen (secondary N) is 2. The summed E-state index contributed by atoms with van der Waals surface area (Å²) < 4.78 is 33.0. The van der Waals surface area contributed by atoms with Crippen LogP contribution in [0.2, 0.25) is 0 Å². The molecule has 2 aromatic carbocycles. The van der Waals surface area contributed by atoms with Crippen molar-refractivity contribution in [3.05, 3.63) is 78.6 Å². The summed E-state index contributed by atoms with van der Waals surface area (Å²) in [6.07, 6.45) is 1.51. The Bertz CT molecular complexity index is 1040. The van der Waals surface area contributed by atoms with Gasteiger partial charge in [0.2, 0.25) is 0 Å². The summed E-state index contributed by atoms with van der Waals surface area (Å²) in [5.41, 5.74) is 1.08. The third-order valence-corrected chi connectivity index (χ3v) is 5.06. The number of amides is 1. The van der Waals surface area contributed by atoms with Crippen LogP contribution in [0.1, 0.15) is 10.5 Å². The summed E-state index contributed by atoms with van der Waals surface area (Å²) in [6.45, 7) is 0. The molecule has 0 fully saturated rings. The molecule has 27 heavy (non-hydrogen) atoms. The van der Waals surface area contributed by atoms with Crippen molar-refractivity contribution in [3.63, 3.8) is 0 Å². The Labute approximate surface area is 157 Å². The van der Waals surface area contributed by atoms with Gasteiger partial charge in [0.05, 0.1) is 7.11 Å². The number of hydrogen-bond donors (Lipinski definition) is 2. The number of hydrogen-bond acceptors (Lipinski definition) is 5. The van der Waals surface area contributed by atoms with E-state index in [1.807, 2.05) is 0 Å². The Kier molecular flexibility index (Phi) is 5.37. The maximum Gasteiger partial charge on any atom is 0.274 e. The van der Waals surface area contributed by atoms with Crippen molar-refractivity contribution in [1.29, 1.82) is 0 Å². The Balaban J connectivity index is 1.85. The number of methoxy groups -OCH3 is 1. The zero-order valence-corrected chi connectivity index (χ0v) is 15.2. The average molecular weight is 383 g/mol. The van der Waals surface area contributed by atoms with Gasteiger partial charge in [-0.3, -0.25) is 14.5 Å². The number of aromatic nitrogens is 1. The van der Waals surface area contributed by atoms with Crippen LogP contribution in [-0.4, -0.2) is 26.4 Å². The molecule has 0 radical (unpaired) electrons. The second-order valence-electron chi connectivity index (χ2n) is 5.51. The van der Waals surface area contributed by atoms with Gasteiger partial charge in [-0.2, -0.15) is 0 Å². The Hall–Kier alpha value is -3.39. The van der Waals surface area contributed by atoms with Crippen molar-refractivity contribution in [1.82, 2.24) is 4.98 Å². The van der Waals surface area contributed by atoms with E-state index in [0.29, 0.717) is 11.4 Å². The SMILES string of the molecule is COc1cc(NC(=O)c2ccccn2)ccc1S(=O)(=O)Nc1ccccc1. The van der Waals surface area contributed by atoms with Crippen LogP contribution in [0.3, 0.4) is 0 Å². The first kappa shape index (κ1) is 18.4. The van der Waals surface area contributed by atoms with E-state index in [1.54, 1.807) is 48.5 Å². The largest absolute Gasteiger partial charge is 0.495 e. The first-order chi connectivity index (χ1) is 13.0. The van der Waals surface area contributed by atoms with E-state index in [4.69, 9.17) is 4.74 Å². The van der Waals surface area contributed by atoms with E-state index >= 15 is 0 Å². The van der Waals surface area contributed by atoms with Gasteiger partial charge in [-0.15, -0.1) is 0 Å². The standard InChI is InChI=1S/C19H17N3O4S/c1-26-17-13-15(21-19(23)16-9-5-6-12-20-16)10-11-18(17)27(24,25)22-14-7-3-2-4-8-14/h2-13,22H,1H3,(H,21,23). The van der Waals surface area contributed by atoms with Crippen LogP contribution in [0.5, 0.6) is 5.75 Å². The molecular formula is C19H17N3O4S. The minimum absolute atomic E-state index is 0.0373. The van der Waals surface area contributed by atoms with Gasteiger partial charge in [-0.25, -0.2) is 8.42 Å². The number of para-hydroxylation sites is 1. The molecule has 0 saturated carbocycles. The van der Waals surface area contributed by atoms with Crippen LogP contribution in [0.15, 0.2) is 77.8 Å². The normalized spacial score (nSPS) is 10.9. The highest BCUT2D eigenvalue weighted by molar-refractivity contribution is 7.92. The minimum atomic E-state index is -3.85. The van der Waals surface area contributed by atoms with E-state index in [9.17, 15) is 13.2 Å². The third-order valence-electron chi connectivity index (χ3n) is 3.63. The van der Waals surface area contributed by atoms with Crippen LogP contribution in [0, 0.1) is 0 Å². The van der Waals surface area contributed by atoms with Crippen LogP contribution < -0.4 is 14.8 Å². The summed E-state index contributed by atoms with van der Waals surface area (Å²) in [6, 6.07) is 17.8. The summed E-state index contributed by atoms with van der Waals surface area (Å²) in [5, 5.41) is 2.66. The molecule has 0 saturated heterocycles. The van der Waals surface area contributed by atoms with Gasteiger partial charge in [-0.1, -0.05) is 24.3 Å². The fraction of sp³-hybridized carbons (Fsp3) is 0.0526. The van der Waals surface area contributed by atoms with Crippen molar-refractivity contribution >= 4 is 27.3 Å². The maximum absolute atomic E-state index is 12.6. The quantitative estimate of drug-likeness (QED) is 0.681. The third kappa shape index (κ3) is 4.42. The van der Waals surface area contributed by atoms with E-state index in [1.165, 1.54) is 31.5 Å². The molecule has 1 heterocycles. The molecule has 1 aromatic heterocycles. The molecule has 8 heteroatoms. The molecule has 1 amide bonds. The fourth-order valence-corrected chi connectivity index (χ4v) is 3.59. The zero-order valence-electron chi connectivity index (χ0n) is 14.4.